The number of nitrogens with zero attached hydrogens (tertiary/aromatic N) is 1. The van der Waals surface area contributed by atoms with Crippen LogP contribution in [0.15, 0.2) is 54.6 Å². The van der Waals surface area contributed by atoms with E-state index in [0.717, 1.165) is 22.7 Å². The number of rotatable bonds is 6. The maximum absolute atomic E-state index is 5.64. The first-order valence-electron chi connectivity index (χ1n) is 10.3. The van der Waals surface area contributed by atoms with Gasteiger partial charge < -0.3 is 43.2 Å². The molecular formula is C26H29IN2O3. The number of allylic oxidation sites excluding steroid dienone is 1. The van der Waals surface area contributed by atoms with Gasteiger partial charge in [0.15, 0.2) is 17.2 Å². The van der Waals surface area contributed by atoms with Crippen LogP contribution < -0.4 is 38.2 Å². The van der Waals surface area contributed by atoms with Crippen LogP contribution in [0, 0.1) is 0 Å². The number of H-pyrrole nitrogens is 1. The van der Waals surface area contributed by atoms with Gasteiger partial charge in [-0.15, -0.1) is 0 Å². The number of halogens is 1. The molecule has 168 valence electrons. The SMILES string of the molecule is COc1ccc(-c2cc(OC)c(/C=C/C3=[N+](C)c4ccccc4C3(C)C)[nH]2)cc1OC.[I-]. The summed E-state index contributed by atoms with van der Waals surface area (Å²) in [7, 11) is 7.08. The first kappa shape index (κ1) is 23.9. The van der Waals surface area contributed by atoms with Crippen molar-refractivity contribution in [2.45, 2.75) is 19.3 Å². The van der Waals surface area contributed by atoms with E-state index in [2.05, 4.69) is 66.9 Å². The molecule has 0 unspecified atom stereocenters. The highest BCUT2D eigenvalue weighted by atomic mass is 127. The van der Waals surface area contributed by atoms with Gasteiger partial charge in [-0.25, -0.2) is 0 Å². The minimum Gasteiger partial charge on any atom is -1.00 e. The van der Waals surface area contributed by atoms with Crippen LogP contribution in [0.5, 0.6) is 17.2 Å². The van der Waals surface area contributed by atoms with Gasteiger partial charge in [0.1, 0.15) is 12.8 Å². The predicted octanol–water partition coefficient (Wildman–Crippen LogP) is 2.43. The van der Waals surface area contributed by atoms with Crippen molar-refractivity contribution in [3.63, 3.8) is 0 Å². The minimum atomic E-state index is -0.0755. The lowest BCUT2D eigenvalue weighted by atomic mass is 9.81. The maximum Gasteiger partial charge on any atom is 0.209 e. The molecule has 0 spiro atoms. The average Bonchev–Trinajstić information content (AvgIpc) is 3.29. The van der Waals surface area contributed by atoms with Crippen molar-refractivity contribution in [3.05, 3.63) is 65.9 Å². The topological polar surface area (TPSA) is 46.5 Å². The largest absolute Gasteiger partial charge is 1.00 e. The average molecular weight is 544 g/mol. The molecule has 0 amide bonds. The third kappa shape index (κ3) is 4.03. The highest BCUT2D eigenvalue weighted by molar-refractivity contribution is 6.05. The van der Waals surface area contributed by atoms with E-state index in [9.17, 15) is 0 Å². The molecule has 1 aliphatic rings. The van der Waals surface area contributed by atoms with E-state index in [1.807, 2.05) is 24.3 Å². The maximum atomic E-state index is 5.64. The number of para-hydroxylation sites is 1. The third-order valence-corrected chi connectivity index (χ3v) is 6.07. The molecule has 1 N–H and O–H groups in total. The van der Waals surface area contributed by atoms with Crippen LogP contribution in [-0.4, -0.2) is 43.6 Å². The molecular weight excluding hydrogens is 515 g/mol. The number of fused-ring (bicyclic) bond motifs is 1. The van der Waals surface area contributed by atoms with Crippen LogP contribution >= 0.6 is 0 Å². The van der Waals surface area contributed by atoms with Crippen molar-refractivity contribution in [3.8, 4) is 28.5 Å². The Labute approximate surface area is 206 Å². The zero-order valence-corrected chi connectivity index (χ0v) is 21.5. The molecule has 6 heteroatoms. The highest BCUT2D eigenvalue weighted by Crippen LogP contribution is 2.39. The van der Waals surface area contributed by atoms with Gasteiger partial charge in [-0.1, -0.05) is 18.2 Å². The van der Waals surface area contributed by atoms with E-state index < -0.39 is 0 Å². The van der Waals surface area contributed by atoms with Crippen LogP contribution in [-0.2, 0) is 5.41 Å². The predicted molar refractivity (Wildman–Crippen MR) is 125 cm³/mol. The third-order valence-electron chi connectivity index (χ3n) is 6.07. The summed E-state index contributed by atoms with van der Waals surface area (Å²) in [6.45, 7) is 4.52. The smallest absolute Gasteiger partial charge is 0.209 e. The molecule has 1 aliphatic heterocycles. The summed E-state index contributed by atoms with van der Waals surface area (Å²) >= 11 is 0. The first-order valence-corrected chi connectivity index (χ1v) is 10.3. The van der Waals surface area contributed by atoms with Crippen LogP contribution in [0.2, 0.25) is 0 Å². The van der Waals surface area contributed by atoms with Gasteiger partial charge in [0.2, 0.25) is 5.69 Å². The fraction of sp³-hybridized carbons (Fsp3) is 0.269. The number of hydrogen-bond acceptors (Lipinski definition) is 3. The second-order valence-electron chi connectivity index (χ2n) is 8.15. The molecule has 2 aromatic carbocycles. The van der Waals surface area contributed by atoms with E-state index in [-0.39, 0.29) is 29.4 Å². The zero-order valence-electron chi connectivity index (χ0n) is 19.3. The van der Waals surface area contributed by atoms with Gasteiger partial charge in [-0.3, -0.25) is 0 Å². The lowest BCUT2D eigenvalue weighted by Crippen LogP contribution is -3.00. The molecule has 5 nitrogen and oxygen atoms in total. The quantitative estimate of drug-likeness (QED) is 0.383. The second-order valence-corrected chi connectivity index (χ2v) is 8.15. The van der Waals surface area contributed by atoms with Crippen molar-refractivity contribution in [2.75, 3.05) is 28.4 Å². The summed E-state index contributed by atoms with van der Waals surface area (Å²) in [5.41, 5.74) is 6.60. The molecule has 0 atom stereocenters. The van der Waals surface area contributed by atoms with Gasteiger partial charge in [0.25, 0.3) is 0 Å². The Kier molecular flexibility index (Phi) is 7.03. The molecule has 0 saturated heterocycles. The Balaban J connectivity index is 0.00000289. The molecule has 1 aromatic heterocycles. The lowest BCUT2D eigenvalue weighted by molar-refractivity contribution is -0.401. The summed E-state index contributed by atoms with van der Waals surface area (Å²) in [4.78, 5) is 3.49. The molecule has 32 heavy (non-hydrogen) atoms. The van der Waals surface area contributed by atoms with Gasteiger partial charge in [-0.05, 0) is 38.1 Å². The molecule has 2 heterocycles. The molecule has 0 aliphatic carbocycles. The molecule has 0 saturated carbocycles. The Morgan fingerprint density at radius 3 is 2.19 bits per heavy atom. The number of hydrogen-bond donors (Lipinski definition) is 1. The van der Waals surface area contributed by atoms with Gasteiger partial charge in [-0.2, -0.15) is 4.58 Å². The molecule has 0 radical (unpaired) electrons. The van der Waals surface area contributed by atoms with E-state index in [0.29, 0.717) is 11.5 Å². The second kappa shape index (κ2) is 9.40. The van der Waals surface area contributed by atoms with Crippen molar-refractivity contribution in [1.29, 1.82) is 0 Å². The van der Waals surface area contributed by atoms with Crippen molar-refractivity contribution in [2.24, 2.45) is 0 Å². The fourth-order valence-corrected chi connectivity index (χ4v) is 4.37. The van der Waals surface area contributed by atoms with Crippen molar-refractivity contribution >= 4 is 17.5 Å². The van der Waals surface area contributed by atoms with Crippen LogP contribution in [0.3, 0.4) is 0 Å². The fourth-order valence-electron chi connectivity index (χ4n) is 4.37. The summed E-state index contributed by atoms with van der Waals surface area (Å²) in [5.74, 6) is 2.18. The van der Waals surface area contributed by atoms with Crippen molar-refractivity contribution < 1.29 is 42.8 Å². The summed E-state index contributed by atoms with van der Waals surface area (Å²) in [6, 6.07) is 16.4. The molecule has 4 rings (SSSR count). The van der Waals surface area contributed by atoms with E-state index >= 15 is 0 Å². The Morgan fingerprint density at radius 2 is 1.53 bits per heavy atom. The Hall–Kier alpha value is -2.74. The van der Waals surface area contributed by atoms with Gasteiger partial charge in [0, 0.05) is 35.0 Å². The Bertz CT molecular complexity index is 1190. The van der Waals surface area contributed by atoms with Crippen LogP contribution in [0.25, 0.3) is 17.3 Å². The van der Waals surface area contributed by atoms with Crippen molar-refractivity contribution in [1.82, 2.24) is 4.98 Å². The van der Waals surface area contributed by atoms with Gasteiger partial charge >= 0.3 is 0 Å². The lowest BCUT2D eigenvalue weighted by Gasteiger charge is -2.15. The van der Waals surface area contributed by atoms with Crippen LogP contribution in [0.4, 0.5) is 5.69 Å². The molecule has 3 aromatic rings. The highest BCUT2D eigenvalue weighted by Gasteiger charge is 2.42. The van der Waals surface area contributed by atoms with E-state index in [1.165, 1.54) is 17.0 Å². The number of methoxy groups -OCH3 is 3. The number of nitrogens with one attached hydrogen (secondary N) is 1. The van der Waals surface area contributed by atoms with Crippen LogP contribution in [0.1, 0.15) is 25.1 Å². The summed E-state index contributed by atoms with van der Waals surface area (Å²) < 4.78 is 18.7. The van der Waals surface area contributed by atoms with E-state index in [4.69, 9.17) is 14.2 Å². The normalized spacial score (nSPS) is 14.3. The minimum absolute atomic E-state index is 0. The number of ether oxygens (including phenoxy) is 3. The zero-order chi connectivity index (χ0) is 22.2. The molecule has 0 fully saturated rings. The Morgan fingerprint density at radius 1 is 0.844 bits per heavy atom. The standard InChI is InChI=1S/C26H28N2O3.HI/c1-26(2)18-9-7-8-10-21(18)28(3)25(26)14-12-19-23(30-5)16-20(27-19)17-11-13-22(29-4)24(15-17)31-6;/h7-16H,1-6H3;1H. The number of benzene rings is 2. The summed E-state index contributed by atoms with van der Waals surface area (Å²) in [5, 5.41) is 0. The number of aromatic amines is 1. The molecule has 0 bridgehead atoms. The monoisotopic (exact) mass is 544 g/mol. The first-order chi connectivity index (χ1) is 14.9. The van der Waals surface area contributed by atoms with Gasteiger partial charge in [0.05, 0.1) is 32.4 Å². The summed E-state index contributed by atoms with van der Waals surface area (Å²) in [6.07, 6.45) is 4.26. The number of aromatic nitrogens is 1. The van der Waals surface area contributed by atoms with E-state index in [1.54, 1.807) is 21.3 Å².